The zero-order valence-electron chi connectivity index (χ0n) is 9.40. The third kappa shape index (κ3) is 2.56. The van der Waals surface area contributed by atoms with Gasteiger partial charge in [0.25, 0.3) is 0 Å². The average molecular weight is 227 g/mol. The zero-order valence-corrected chi connectivity index (χ0v) is 9.40. The summed E-state index contributed by atoms with van der Waals surface area (Å²) in [6, 6.07) is 2.85. The Bertz CT molecular complexity index is 354. The fourth-order valence-corrected chi connectivity index (χ4v) is 1.44. The normalized spacial score (nSPS) is 12.4. The van der Waals surface area contributed by atoms with E-state index >= 15 is 0 Å². The predicted octanol–water partition coefficient (Wildman–Crippen LogP) is 0.749. The molecule has 0 aromatic heterocycles. The number of methoxy groups -OCH3 is 1. The van der Waals surface area contributed by atoms with E-state index in [2.05, 4.69) is 5.32 Å². The van der Waals surface area contributed by atoms with Crippen LogP contribution in [0.1, 0.15) is 18.6 Å². The summed E-state index contributed by atoms with van der Waals surface area (Å²) in [5.74, 6) is -0.516. The van der Waals surface area contributed by atoms with Gasteiger partial charge in [-0.3, -0.25) is 0 Å². The van der Waals surface area contributed by atoms with Crippen LogP contribution in [0, 0.1) is 0 Å². The standard InChI is InChI=1S/C11H17NO4/c1-3-12-6-9(14)7-4-5-8(13)10(15)11(7)16-2/h4-5,9,12-15H,3,6H2,1-2H3. The van der Waals surface area contributed by atoms with E-state index in [1.807, 2.05) is 6.92 Å². The number of aliphatic hydroxyl groups excluding tert-OH is 1. The summed E-state index contributed by atoms with van der Waals surface area (Å²) in [5.41, 5.74) is 0.443. The highest BCUT2D eigenvalue weighted by Crippen LogP contribution is 2.40. The minimum Gasteiger partial charge on any atom is -0.504 e. The summed E-state index contributed by atoms with van der Waals surface area (Å²) in [7, 11) is 1.37. The van der Waals surface area contributed by atoms with Gasteiger partial charge in [-0.2, -0.15) is 0 Å². The Hall–Kier alpha value is -1.46. The summed E-state index contributed by atoms with van der Waals surface area (Å²) < 4.78 is 4.96. The maximum absolute atomic E-state index is 9.84. The highest BCUT2D eigenvalue weighted by Gasteiger charge is 2.18. The smallest absolute Gasteiger partial charge is 0.200 e. The Morgan fingerprint density at radius 3 is 2.62 bits per heavy atom. The molecule has 1 unspecified atom stereocenters. The number of ether oxygens (including phenoxy) is 1. The lowest BCUT2D eigenvalue weighted by molar-refractivity contribution is 0.170. The van der Waals surface area contributed by atoms with Crippen LogP contribution < -0.4 is 10.1 Å². The molecule has 1 aromatic carbocycles. The Morgan fingerprint density at radius 1 is 1.38 bits per heavy atom. The van der Waals surface area contributed by atoms with Crippen molar-refractivity contribution in [3.63, 3.8) is 0 Å². The Labute approximate surface area is 94.3 Å². The lowest BCUT2D eigenvalue weighted by Gasteiger charge is -2.16. The molecule has 1 atom stereocenters. The van der Waals surface area contributed by atoms with Crippen molar-refractivity contribution in [2.24, 2.45) is 0 Å². The van der Waals surface area contributed by atoms with E-state index in [9.17, 15) is 15.3 Å². The van der Waals surface area contributed by atoms with Crippen LogP contribution in [0.4, 0.5) is 0 Å². The second-order valence-electron chi connectivity index (χ2n) is 3.38. The fraction of sp³-hybridized carbons (Fsp3) is 0.455. The molecule has 0 aliphatic rings. The molecule has 1 rings (SSSR count). The third-order valence-corrected chi connectivity index (χ3v) is 2.29. The summed E-state index contributed by atoms with van der Waals surface area (Å²) in [6.45, 7) is 3.03. The van der Waals surface area contributed by atoms with Crippen LogP contribution >= 0.6 is 0 Å². The van der Waals surface area contributed by atoms with Gasteiger partial charge in [0.1, 0.15) is 0 Å². The minimum absolute atomic E-state index is 0.102. The number of likely N-dealkylation sites (N-methyl/N-ethyl adjacent to an activating group) is 1. The van der Waals surface area contributed by atoms with Crippen LogP contribution in [0.15, 0.2) is 12.1 Å². The van der Waals surface area contributed by atoms with Gasteiger partial charge in [0, 0.05) is 12.1 Å². The number of aromatic hydroxyl groups is 2. The molecule has 0 bridgehead atoms. The van der Waals surface area contributed by atoms with E-state index in [0.29, 0.717) is 12.1 Å². The van der Waals surface area contributed by atoms with Gasteiger partial charge < -0.3 is 25.4 Å². The Morgan fingerprint density at radius 2 is 2.06 bits per heavy atom. The largest absolute Gasteiger partial charge is 0.504 e. The first-order valence-corrected chi connectivity index (χ1v) is 5.09. The van der Waals surface area contributed by atoms with E-state index in [0.717, 1.165) is 6.54 Å². The van der Waals surface area contributed by atoms with E-state index < -0.39 is 6.10 Å². The van der Waals surface area contributed by atoms with Crippen molar-refractivity contribution in [3.8, 4) is 17.2 Å². The highest BCUT2D eigenvalue weighted by atomic mass is 16.5. The van der Waals surface area contributed by atoms with Crippen LogP contribution in [-0.2, 0) is 0 Å². The molecular formula is C11H17NO4. The van der Waals surface area contributed by atoms with E-state index in [1.165, 1.54) is 19.2 Å². The molecule has 0 radical (unpaired) electrons. The first-order valence-electron chi connectivity index (χ1n) is 5.09. The topological polar surface area (TPSA) is 82.0 Å². The molecule has 5 nitrogen and oxygen atoms in total. The molecule has 1 aromatic rings. The highest BCUT2D eigenvalue weighted by molar-refractivity contribution is 5.54. The first kappa shape index (κ1) is 12.6. The summed E-state index contributed by atoms with van der Waals surface area (Å²) in [4.78, 5) is 0. The van der Waals surface area contributed by atoms with Crippen LogP contribution in [-0.4, -0.2) is 35.5 Å². The van der Waals surface area contributed by atoms with Gasteiger partial charge in [-0.05, 0) is 18.7 Å². The second-order valence-corrected chi connectivity index (χ2v) is 3.38. The third-order valence-electron chi connectivity index (χ3n) is 2.29. The van der Waals surface area contributed by atoms with Crippen LogP contribution in [0.5, 0.6) is 17.2 Å². The molecule has 0 saturated heterocycles. The molecule has 4 N–H and O–H groups in total. The van der Waals surface area contributed by atoms with Gasteiger partial charge in [-0.15, -0.1) is 0 Å². The number of phenolic OH excluding ortho intramolecular Hbond substituents is 2. The van der Waals surface area contributed by atoms with Gasteiger partial charge in [0.2, 0.25) is 5.75 Å². The molecule has 0 amide bonds. The molecular weight excluding hydrogens is 210 g/mol. The van der Waals surface area contributed by atoms with Crippen molar-refractivity contribution in [2.45, 2.75) is 13.0 Å². The number of hydrogen-bond donors (Lipinski definition) is 4. The second kappa shape index (κ2) is 5.58. The first-order chi connectivity index (χ1) is 7.61. The molecule has 90 valence electrons. The Balaban J connectivity index is 2.99. The lowest BCUT2D eigenvalue weighted by atomic mass is 10.1. The maximum Gasteiger partial charge on any atom is 0.200 e. The Kier molecular flexibility index (Phi) is 4.39. The van der Waals surface area contributed by atoms with Gasteiger partial charge in [0.15, 0.2) is 11.5 Å². The predicted molar refractivity (Wildman–Crippen MR) is 59.8 cm³/mol. The van der Waals surface area contributed by atoms with Gasteiger partial charge in [-0.25, -0.2) is 0 Å². The number of phenols is 2. The van der Waals surface area contributed by atoms with Crippen molar-refractivity contribution in [3.05, 3.63) is 17.7 Å². The van der Waals surface area contributed by atoms with Crippen molar-refractivity contribution in [1.82, 2.24) is 5.32 Å². The number of hydrogen-bond acceptors (Lipinski definition) is 5. The van der Waals surface area contributed by atoms with Crippen molar-refractivity contribution in [2.75, 3.05) is 20.2 Å². The number of benzene rings is 1. The van der Waals surface area contributed by atoms with Crippen LogP contribution in [0.3, 0.4) is 0 Å². The van der Waals surface area contributed by atoms with Crippen LogP contribution in [0.2, 0.25) is 0 Å². The number of nitrogens with one attached hydrogen (secondary N) is 1. The summed E-state index contributed by atoms with van der Waals surface area (Å²) in [6.07, 6.45) is -0.790. The molecule has 0 spiro atoms. The fourth-order valence-electron chi connectivity index (χ4n) is 1.44. The monoisotopic (exact) mass is 227 g/mol. The SMILES string of the molecule is CCNCC(O)c1ccc(O)c(O)c1OC. The minimum atomic E-state index is -0.790. The van der Waals surface area contributed by atoms with Crippen LogP contribution in [0.25, 0.3) is 0 Å². The van der Waals surface area contributed by atoms with Gasteiger partial charge in [0.05, 0.1) is 13.2 Å². The molecule has 0 heterocycles. The number of aliphatic hydroxyl groups is 1. The molecule has 5 heteroatoms. The molecule has 0 saturated carbocycles. The summed E-state index contributed by atoms with van der Waals surface area (Å²) >= 11 is 0. The molecule has 0 aliphatic carbocycles. The van der Waals surface area contributed by atoms with E-state index in [-0.39, 0.29) is 17.2 Å². The molecule has 0 aliphatic heterocycles. The molecule has 16 heavy (non-hydrogen) atoms. The van der Waals surface area contributed by atoms with Crippen molar-refractivity contribution < 1.29 is 20.1 Å². The van der Waals surface area contributed by atoms with Crippen molar-refractivity contribution in [1.29, 1.82) is 0 Å². The van der Waals surface area contributed by atoms with E-state index in [1.54, 1.807) is 0 Å². The quantitative estimate of drug-likeness (QED) is 0.558. The van der Waals surface area contributed by atoms with Crippen molar-refractivity contribution >= 4 is 0 Å². The average Bonchev–Trinajstić information content (AvgIpc) is 2.29. The number of rotatable bonds is 5. The maximum atomic E-state index is 9.84. The zero-order chi connectivity index (χ0) is 12.1. The van der Waals surface area contributed by atoms with Gasteiger partial charge in [-0.1, -0.05) is 6.92 Å². The van der Waals surface area contributed by atoms with Gasteiger partial charge >= 0.3 is 0 Å². The lowest BCUT2D eigenvalue weighted by Crippen LogP contribution is -2.21. The van der Waals surface area contributed by atoms with E-state index in [4.69, 9.17) is 4.74 Å². The summed E-state index contributed by atoms with van der Waals surface area (Å²) in [5, 5.41) is 31.7. The molecule has 0 fully saturated rings.